The monoisotopic (exact) mass is 391 g/mol. The van der Waals surface area contributed by atoms with Gasteiger partial charge in [-0.25, -0.2) is 0 Å². The zero-order valence-electron chi connectivity index (χ0n) is 16.0. The van der Waals surface area contributed by atoms with Gasteiger partial charge in [0.15, 0.2) is 0 Å². The van der Waals surface area contributed by atoms with E-state index < -0.39 is 11.7 Å². The standard InChI is InChI=1S/C22H24F3NO2/c1-3-14-7-10-20(19(11-14)22(23,24)25)28-13-18-16(12-21(27)26-2)5-4-6-17(18)15-8-9-15/h4-7,10-11,15H,3,8-9,12-13H2,1-2H3,(H,26,27). The van der Waals surface area contributed by atoms with E-state index in [4.69, 9.17) is 4.74 Å². The molecule has 1 aliphatic rings. The van der Waals surface area contributed by atoms with E-state index in [1.54, 1.807) is 13.1 Å². The smallest absolute Gasteiger partial charge is 0.419 e. The molecule has 2 aromatic carbocycles. The Morgan fingerprint density at radius 2 is 1.96 bits per heavy atom. The Kier molecular flexibility index (Phi) is 5.96. The van der Waals surface area contributed by atoms with Gasteiger partial charge in [0.2, 0.25) is 5.91 Å². The fourth-order valence-corrected chi connectivity index (χ4v) is 3.33. The predicted octanol–water partition coefficient (Wildman–Crippen LogP) is 5.01. The zero-order valence-corrected chi connectivity index (χ0v) is 16.0. The summed E-state index contributed by atoms with van der Waals surface area (Å²) in [6, 6.07) is 9.90. The molecule has 0 unspecified atom stereocenters. The van der Waals surface area contributed by atoms with E-state index in [1.165, 1.54) is 6.07 Å². The summed E-state index contributed by atoms with van der Waals surface area (Å²) in [6.45, 7) is 1.82. The van der Waals surface area contributed by atoms with Crippen molar-refractivity contribution in [3.63, 3.8) is 0 Å². The molecule has 28 heavy (non-hydrogen) atoms. The zero-order chi connectivity index (χ0) is 20.3. The predicted molar refractivity (Wildman–Crippen MR) is 101 cm³/mol. The van der Waals surface area contributed by atoms with Crippen molar-refractivity contribution in [2.45, 2.75) is 51.3 Å². The number of alkyl halides is 3. The molecule has 0 atom stereocenters. The molecular weight excluding hydrogens is 367 g/mol. The quantitative estimate of drug-likeness (QED) is 0.720. The van der Waals surface area contributed by atoms with Crippen molar-refractivity contribution < 1.29 is 22.7 Å². The summed E-state index contributed by atoms with van der Waals surface area (Å²) in [7, 11) is 1.56. The van der Waals surface area contributed by atoms with Gasteiger partial charge < -0.3 is 10.1 Å². The number of rotatable bonds is 7. The van der Waals surface area contributed by atoms with Crippen LogP contribution in [0.15, 0.2) is 36.4 Å². The van der Waals surface area contributed by atoms with Crippen molar-refractivity contribution in [2.24, 2.45) is 0 Å². The number of aryl methyl sites for hydroxylation is 1. The first-order valence-electron chi connectivity index (χ1n) is 9.47. The Labute approximate surface area is 162 Å². The molecule has 0 saturated heterocycles. The fourth-order valence-electron chi connectivity index (χ4n) is 3.33. The van der Waals surface area contributed by atoms with E-state index in [0.29, 0.717) is 17.9 Å². The molecule has 1 N–H and O–H groups in total. The highest BCUT2D eigenvalue weighted by molar-refractivity contribution is 5.78. The lowest BCUT2D eigenvalue weighted by Crippen LogP contribution is -2.21. The summed E-state index contributed by atoms with van der Waals surface area (Å²) in [6.07, 6.45) is -1.69. The maximum Gasteiger partial charge on any atom is 0.419 e. The Morgan fingerprint density at radius 3 is 2.57 bits per heavy atom. The number of halogens is 3. The van der Waals surface area contributed by atoms with Crippen LogP contribution in [-0.4, -0.2) is 13.0 Å². The topological polar surface area (TPSA) is 38.3 Å². The van der Waals surface area contributed by atoms with Gasteiger partial charge in [-0.3, -0.25) is 4.79 Å². The number of likely N-dealkylation sites (N-methyl/N-ethyl adjacent to an activating group) is 1. The molecule has 0 radical (unpaired) electrons. The maximum absolute atomic E-state index is 13.5. The number of nitrogens with one attached hydrogen (secondary N) is 1. The van der Waals surface area contributed by atoms with Crippen LogP contribution in [0.25, 0.3) is 0 Å². The number of benzene rings is 2. The van der Waals surface area contributed by atoms with Crippen LogP contribution in [0.2, 0.25) is 0 Å². The van der Waals surface area contributed by atoms with E-state index in [-0.39, 0.29) is 24.7 Å². The summed E-state index contributed by atoms with van der Waals surface area (Å²) in [4.78, 5) is 11.9. The van der Waals surface area contributed by atoms with Gasteiger partial charge in [-0.2, -0.15) is 13.2 Å². The number of carbonyl (C=O) groups is 1. The Hall–Kier alpha value is -2.50. The molecule has 1 fully saturated rings. The van der Waals surface area contributed by atoms with Gasteiger partial charge in [0, 0.05) is 7.05 Å². The second-order valence-corrected chi connectivity index (χ2v) is 7.08. The summed E-state index contributed by atoms with van der Waals surface area (Å²) < 4.78 is 46.1. The van der Waals surface area contributed by atoms with E-state index in [0.717, 1.165) is 35.6 Å². The van der Waals surface area contributed by atoms with Crippen LogP contribution in [0.4, 0.5) is 13.2 Å². The first-order valence-corrected chi connectivity index (χ1v) is 9.47. The Balaban J connectivity index is 1.91. The molecule has 1 saturated carbocycles. The number of hydrogen-bond donors (Lipinski definition) is 1. The lowest BCUT2D eigenvalue weighted by atomic mass is 9.96. The van der Waals surface area contributed by atoms with E-state index in [1.807, 2.05) is 25.1 Å². The Bertz CT molecular complexity index is 857. The number of amides is 1. The van der Waals surface area contributed by atoms with Crippen molar-refractivity contribution in [2.75, 3.05) is 7.05 Å². The molecule has 3 rings (SSSR count). The van der Waals surface area contributed by atoms with Crippen molar-refractivity contribution in [3.05, 3.63) is 64.2 Å². The maximum atomic E-state index is 13.5. The third-order valence-electron chi connectivity index (χ3n) is 5.09. The lowest BCUT2D eigenvalue weighted by molar-refractivity contribution is -0.139. The molecule has 1 aliphatic carbocycles. The highest BCUT2D eigenvalue weighted by atomic mass is 19.4. The normalized spacial score (nSPS) is 14.0. The van der Waals surface area contributed by atoms with Crippen LogP contribution in [0, 0.1) is 0 Å². The second kappa shape index (κ2) is 8.25. The number of ether oxygens (including phenoxy) is 1. The van der Waals surface area contributed by atoms with Crippen molar-refractivity contribution in [1.29, 1.82) is 0 Å². The fraction of sp³-hybridized carbons (Fsp3) is 0.409. The lowest BCUT2D eigenvalue weighted by Gasteiger charge is -2.18. The highest BCUT2D eigenvalue weighted by Crippen LogP contribution is 2.43. The van der Waals surface area contributed by atoms with Gasteiger partial charge in [0.05, 0.1) is 12.0 Å². The molecule has 0 spiro atoms. The van der Waals surface area contributed by atoms with E-state index in [2.05, 4.69) is 5.32 Å². The first kappa shape index (κ1) is 20.2. The van der Waals surface area contributed by atoms with E-state index in [9.17, 15) is 18.0 Å². The first-order chi connectivity index (χ1) is 13.3. The van der Waals surface area contributed by atoms with Crippen molar-refractivity contribution in [1.82, 2.24) is 5.32 Å². The minimum Gasteiger partial charge on any atom is -0.488 e. The Morgan fingerprint density at radius 1 is 1.21 bits per heavy atom. The molecular formula is C22H24F3NO2. The van der Waals surface area contributed by atoms with Gasteiger partial charge in [0.1, 0.15) is 12.4 Å². The third kappa shape index (κ3) is 4.66. The van der Waals surface area contributed by atoms with Gasteiger partial charge in [0.25, 0.3) is 0 Å². The van der Waals surface area contributed by atoms with Gasteiger partial charge in [-0.15, -0.1) is 0 Å². The summed E-state index contributed by atoms with van der Waals surface area (Å²) >= 11 is 0. The molecule has 0 aliphatic heterocycles. The number of hydrogen-bond acceptors (Lipinski definition) is 2. The molecule has 1 amide bonds. The minimum atomic E-state index is -4.48. The van der Waals surface area contributed by atoms with Crippen LogP contribution in [0.5, 0.6) is 5.75 Å². The molecule has 6 heteroatoms. The molecule has 150 valence electrons. The average Bonchev–Trinajstić information content (AvgIpc) is 3.51. The van der Waals surface area contributed by atoms with Gasteiger partial charge >= 0.3 is 6.18 Å². The van der Waals surface area contributed by atoms with Crippen molar-refractivity contribution in [3.8, 4) is 5.75 Å². The SMILES string of the molecule is CCc1ccc(OCc2c(CC(=O)NC)cccc2C2CC2)c(C(F)(F)F)c1. The minimum absolute atomic E-state index is 0.00749. The number of carbonyl (C=O) groups excluding carboxylic acids is 1. The highest BCUT2D eigenvalue weighted by Gasteiger charge is 2.35. The molecule has 0 aromatic heterocycles. The summed E-state index contributed by atoms with van der Waals surface area (Å²) in [5, 5.41) is 2.59. The molecule has 0 heterocycles. The van der Waals surface area contributed by atoms with Crippen LogP contribution in [-0.2, 0) is 30.4 Å². The summed E-state index contributed by atoms with van der Waals surface area (Å²) in [5.41, 5.74) is 2.53. The van der Waals surface area contributed by atoms with Crippen LogP contribution >= 0.6 is 0 Å². The van der Waals surface area contributed by atoms with Crippen molar-refractivity contribution >= 4 is 5.91 Å². The third-order valence-corrected chi connectivity index (χ3v) is 5.09. The van der Waals surface area contributed by atoms with Gasteiger partial charge in [-0.1, -0.05) is 31.2 Å². The molecule has 0 bridgehead atoms. The second-order valence-electron chi connectivity index (χ2n) is 7.08. The molecule has 3 nitrogen and oxygen atoms in total. The average molecular weight is 391 g/mol. The summed E-state index contributed by atoms with van der Waals surface area (Å²) in [5.74, 6) is 0.0754. The molecule has 2 aromatic rings. The van der Waals surface area contributed by atoms with Crippen LogP contribution < -0.4 is 10.1 Å². The van der Waals surface area contributed by atoms with Gasteiger partial charge in [-0.05, 0) is 59.6 Å². The largest absolute Gasteiger partial charge is 0.488 e. The van der Waals surface area contributed by atoms with E-state index >= 15 is 0 Å². The van der Waals surface area contributed by atoms with Crippen LogP contribution in [0.1, 0.15) is 53.5 Å². The van der Waals surface area contributed by atoms with Crippen LogP contribution in [0.3, 0.4) is 0 Å².